The number of nitrogen functional groups attached to an aromatic ring is 1. The maximum Gasteiger partial charge on any atom is 0.214 e. The minimum Gasteiger partial charge on any atom is -0.383 e. The van der Waals surface area contributed by atoms with Crippen molar-refractivity contribution in [3.05, 3.63) is 16.3 Å². The lowest BCUT2D eigenvalue weighted by atomic mass is 10.2. The topological polar surface area (TPSA) is 89.2 Å². The van der Waals surface area contributed by atoms with E-state index in [0.717, 1.165) is 20.7 Å². The molecule has 20 heavy (non-hydrogen) atoms. The second-order valence-corrected chi connectivity index (χ2v) is 8.28. The molecule has 1 saturated heterocycles. The zero-order chi connectivity index (χ0) is 14.5. The Bertz CT molecular complexity index is 782. The number of fused-ring (bicyclic) bond motifs is 1. The molecule has 6 nitrogen and oxygen atoms in total. The molecule has 0 spiro atoms. The summed E-state index contributed by atoms with van der Waals surface area (Å²) in [5.41, 5.74) is 7.10. The Morgan fingerprint density at radius 2 is 2.10 bits per heavy atom. The summed E-state index contributed by atoms with van der Waals surface area (Å²) in [5.74, 6) is 1.12. The van der Waals surface area contributed by atoms with Gasteiger partial charge in [-0.1, -0.05) is 0 Å². The summed E-state index contributed by atoms with van der Waals surface area (Å²) in [4.78, 5) is 10.7. The lowest BCUT2D eigenvalue weighted by Gasteiger charge is -2.13. The molecule has 1 fully saturated rings. The fourth-order valence-corrected chi connectivity index (χ4v) is 4.95. The van der Waals surface area contributed by atoms with E-state index in [9.17, 15) is 8.42 Å². The van der Waals surface area contributed by atoms with Gasteiger partial charge in [0.05, 0.1) is 17.7 Å². The largest absolute Gasteiger partial charge is 0.383 e. The Hall–Kier alpha value is -1.25. The third-order valence-electron chi connectivity index (χ3n) is 3.62. The highest BCUT2D eigenvalue weighted by atomic mass is 32.2. The first-order chi connectivity index (χ1) is 9.38. The second-order valence-electron chi connectivity index (χ2n) is 4.99. The van der Waals surface area contributed by atoms with Crippen molar-refractivity contribution in [3.8, 4) is 0 Å². The molecule has 0 atom stereocenters. The zero-order valence-electron chi connectivity index (χ0n) is 11.4. The van der Waals surface area contributed by atoms with Gasteiger partial charge in [-0.2, -0.15) is 4.31 Å². The molecule has 0 unspecified atom stereocenters. The average molecular weight is 312 g/mol. The molecule has 8 heteroatoms. The molecule has 3 heterocycles. The summed E-state index contributed by atoms with van der Waals surface area (Å²) in [6, 6.07) is 0. The van der Waals surface area contributed by atoms with Crippen LogP contribution in [0.25, 0.3) is 10.2 Å². The summed E-state index contributed by atoms with van der Waals surface area (Å²) in [5, 5.41) is 0.889. The Labute approximate surface area is 121 Å². The zero-order valence-corrected chi connectivity index (χ0v) is 13.0. The van der Waals surface area contributed by atoms with Crippen molar-refractivity contribution in [1.82, 2.24) is 14.3 Å². The van der Waals surface area contributed by atoms with E-state index in [2.05, 4.69) is 9.97 Å². The summed E-state index contributed by atoms with van der Waals surface area (Å²) in [6.45, 7) is 4.76. The van der Waals surface area contributed by atoms with E-state index in [4.69, 9.17) is 5.73 Å². The minimum absolute atomic E-state index is 0.207. The van der Waals surface area contributed by atoms with Crippen LogP contribution < -0.4 is 5.73 Å². The average Bonchev–Trinajstić information content (AvgIpc) is 2.81. The first kappa shape index (κ1) is 13.7. The van der Waals surface area contributed by atoms with Gasteiger partial charge in [-0.15, -0.1) is 11.3 Å². The lowest BCUT2D eigenvalue weighted by molar-refractivity contribution is 0.430. The van der Waals surface area contributed by atoms with Crippen molar-refractivity contribution in [3.63, 3.8) is 0 Å². The number of rotatable bonds is 2. The predicted octanol–water partition coefficient (Wildman–Crippen LogP) is 1.43. The molecule has 108 valence electrons. The van der Waals surface area contributed by atoms with Gasteiger partial charge in [-0.3, -0.25) is 0 Å². The number of anilines is 1. The Morgan fingerprint density at radius 3 is 2.75 bits per heavy atom. The maximum absolute atomic E-state index is 11.8. The fraction of sp³-hybridized carbons (Fsp3) is 0.500. The maximum atomic E-state index is 11.8. The van der Waals surface area contributed by atoms with Crippen molar-refractivity contribution in [1.29, 1.82) is 0 Å². The van der Waals surface area contributed by atoms with Gasteiger partial charge >= 0.3 is 0 Å². The fourth-order valence-electron chi connectivity index (χ4n) is 2.42. The molecule has 2 aromatic rings. The van der Waals surface area contributed by atoms with E-state index >= 15 is 0 Å². The number of aryl methyl sites for hydroxylation is 2. The monoisotopic (exact) mass is 312 g/mol. The molecule has 3 rings (SSSR count). The molecule has 0 aromatic carbocycles. The van der Waals surface area contributed by atoms with Gasteiger partial charge in [-0.05, 0) is 25.8 Å². The summed E-state index contributed by atoms with van der Waals surface area (Å²) >= 11 is 1.57. The molecular weight excluding hydrogens is 296 g/mol. The third-order valence-corrected chi connectivity index (χ3v) is 6.63. The normalized spacial score (nSPS) is 18.9. The Balaban J connectivity index is 2.01. The van der Waals surface area contributed by atoms with E-state index < -0.39 is 10.0 Å². The lowest BCUT2D eigenvalue weighted by Crippen LogP contribution is -2.26. The molecule has 2 aromatic heterocycles. The van der Waals surface area contributed by atoms with E-state index in [1.54, 1.807) is 11.3 Å². The van der Waals surface area contributed by atoms with E-state index in [0.29, 0.717) is 24.6 Å². The highest BCUT2D eigenvalue weighted by Gasteiger charge is 2.29. The first-order valence-corrected chi connectivity index (χ1v) is 8.81. The SMILES string of the molecule is Cc1sc2nc(CN3CCCS3(=O)=O)nc(N)c2c1C. The highest BCUT2D eigenvalue weighted by molar-refractivity contribution is 7.89. The highest BCUT2D eigenvalue weighted by Crippen LogP contribution is 2.32. The second kappa shape index (κ2) is 4.64. The standard InChI is InChI=1S/C12H16N4O2S2/c1-7-8(2)19-12-10(7)11(13)14-9(15-12)6-16-4-3-5-20(16,17)18/h3-6H2,1-2H3,(H2,13,14,15). The quantitative estimate of drug-likeness (QED) is 0.906. The number of hydrogen-bond acceptors (Lipinski definition) is 6. The van der Waals surface area contributed by atoms with Crippen LogP contribution in [0.5, 0.6) is 0 Å². The van der Waals surface area contributed by atoms with Gasteiger partial charge < -0.3 is 5.73 Å². The van der Waals surface area contributed by atoms with Crippen LogP contribution in [0.15, 0.2) is 0 Å². The predicted molar refractivity (Wildman–Crippen MR) is 80.1 cm³/mol. The van der Waals surface area contributed by atoms with E-state index in [-0.39, 0.29) is 12.3 Å². The van der Waals surface area contributed by atoms with Gasteiger partial charge in [0.25, 0.3) is 0 Å². The summed E-state index contributed by atoms with van der Waals surface area (Å²) in [6.07, 6.45) is 0.664. The van der Waals surface area contributed by atoms with Crippen LogP contribution in [0, 0.1) is 13.8 Å². The van der Waals surface area contributed by atoms with Gasteiger partial charge in [0.1, 0.15) is 16.5 Å². The van der Waals surface area contributed by atoms with Crippen LogP contribution in [0.3, 0.4) is 0 Å². The molecule has 2 N–H and O–H groups in total. The molecule has 1 aliphatic rings. The number of sulfonamides is 1. The van der Waals surface area contributed by atoms with Crippen molar-refractivity contribution in [2.45, 2.75) is 26.8 Å². The molecular formula is C12H16N4O2S2. The number of thiophene rings is 1. The molecule has 0 saturated carbocycles. The van der Waals surface area contributed by atoms with Gasteiger partial charge in [-0.25, -0.2) is 18.4 Å². The summed E-state index contributed by atoms with van der Waals surface area (Å²) < 4.78 is 25.1. The van der Waals surface area contributed by atoms with Gasteiger partial charge in [0.2, 0.25) is 10.0 Å². The third kappa shape index (κ3) is 2.17. The number of nitrogens with two attached hydrogens (primary N) is 1. The molecule has 0 radical (unpaired) electrons. The van der Waals surface area contributed by atoms with Gasteiger partial charge in [0.15, 0.2) is 0 Å². The molecule has 0 amide bonds. The van der Waals surface area contributed by atoms with Crippen LogP contribution in [0.4, 0.5) is 5.82 Å². The van der Waals surface area contributed by atoms with Crippen molar-refractivity contribution in [2.24, 2.45) is 0 Å². The molecule has 0 bridgehead atoms. The van der Waals surface area contributed by atoms with Crippen molar-refractivity contribution in [2.75, 3.05) is 18.0 Å². The van der Waals surface area contributed by atoms with Crippen LogP contribution in [-0.2, 0) is 16.6 Å². The van der Waals surface area contributed by atoms with Crippen LogP contribution in [-0.4, -0.2) is 35.0 Å². The number of nitrogens with zero attached hydrogens (tertiary/aromatic N) is 3. The minimum atomic E-state index is -3.14. The van der Waals surface area contributed by atoms with Crippen LogP contribution in [0.1, 0.15) is 22.7 Å². The summed E-state index contributed by atoms with van der Waals surface area (Å²) in [7, 11) is -3.14. The van der Waals surface area contributed by atoms with Crippen LogP contribution >= 0.6 is 11.3 Å². The van der Waals surface area contributed by atoms with Crippen molar-refractivity contribution >= 4 is 37.4 Å². The van der Waals surface area contributed by atoms with Gasteiger partial charge in [0, 0.05) is 11.4 Å². The molecule has 0 aliphatic carbocycles. The Kier molecular flexibility index (Phi) is 3.19. The smallest absolute Gasteiger partial charge is 0.214 e. The van der Waals surface area contributed by atoms with Crippen LogP contribution in [0.2, 0.25) is 0 Å². The van der Waals surface area contributed by atoms with E-state index in [1.165, 1.54) is 4.31 Å². The van der Waals surface area contributed by atoms with E-state index in [1.807, 2.05) is 13.8 Å². The molecule has 1 aliphatic heterocycles. The van der Waals surface area contributed by atoms with Crippen molar-refractivity contribution < 1.29 is 8.42 Å². The first-order valence-electron chi connectivity index (χ1n) is 6.38. The number of hydrogen-bond donors (Lipinski definition) is 1. The Morgan fingerprint density at radius 1 is 1.35 bits per heavy atom. The number of aromatic nitrogens is 2.